The van der Waals surface area contributed by atoms with Crippen LogP contribution in [0.5, 0.6) is 0 Å². The van der Waals surface area contributed by atoms with Crippen molar-refractivity contribution >= 4 is 41.2 Å². The number of ketones is 2. The number of hydrogen-bond acceptors (Lipinski definition) is 6. The van der Waals surface area contributed by atoms with Gasteiger partial charge in [0.25, 0.3) is 0 Å². The Morgan fingerprint density at radius 1 is 1.00 bits per heavy atom. The molecule has 0 atom stereocenters. The smallest absolute Gasteiger partial charge is 0.412 e. The minimum absolute atomic E-state index is 0.0357. The first-order valence-corrected chi connectivity index (χ1v) is 13.8. The third-order valence-electron chi connectivity index (χ3n) is 6.90. The summed E-state index contributed by atoms with van der Waals surface area (Å²) in [6.45, 7) is 11.3. The number of amides is 1. The second-order valence-corrected chi connectivity index (χ2v) is 12.5. The van der Waals surface area contributed by atoms with E-state index in [0.29, 0.717) is 18.3 Å². The molecule has 1 aliphatic carbocycles. The molecule has 2 aromatic carbocycles. The number of benzene rings is 2. The predicted molar refractivity (Wildman–Crippen MR) is 161 cm³/mol. The normalized spacial score (nSPS) is 14.9. The van der Waals surface area contributed by atoms with Gasteiger partial charge in [-0.2, -0.15) is 0 Å². The Morgan fingerprint density at radius 3 is 2.12 bits per heavy atom. The summed E-state index contributed by atoms with van der Waals surface area (Å²) in [5.74, 6) is 0.337. The topological polar surface area (TPSA) is 102 Å². The van der Waals surface area contributed by atoms with Crippen molar-refractivity contribution in [2.75, 3.05) is 5.32 Å². The first-order valence-electron chi connectivity index (χ1n) is 13.4. The Bertz CT molecular complexity index is 1400. The van der Waals surface area contributed by atoms with Crippen LogP contribution in [0.15, 0.2) is 66.9 Å². The SMILES string of the molecule is CC(=O)C1(c2ccc(C(=O)Cc3ccccc3)cc2)CC(C)(C)C1.CC(C)(C)OC(=O)Nc1ccnc(Cl)c1C=O. The van der Waals surface area contributed by atoms with Gasteiger partial charge in [0.1, 0.15) is 16.5 Å². The number of anilines is 1. The van der Waals surface area contributed by atoms with Crippen molar-refractivity contribution in [2.45, 2.75) is 71.8 Å². The Hall–Kier alpha value is -3.84. The Morgan fingerprint density at radius 2 is 1.61 bits per heavy atom. The summed E-state index contributed by atoms with van der Waals surface area (Å²) in [4.78, 5) is 50.7. The van der Waals surface area contributed by atoms with Crippen LogP contribution in [0, 0.1) is 5.41 Å². The summed E-state index contributed by atoms with van der Waals surface area (Å²) in [6.07, 6.45) is 3.44. The number of rotatable bonds is 7. The van der Waals surface area contributed by atoms with E-state index < -0.39 is 11.7 Å². The van der Waals surface area contributed by atoms with E-state index in [2.05, 4.69) is 24.1 Å². The number of halogens is 1. The molecule has 216 valence electrons. The molecule has 0 bridgehead atoms. The highest BCUT2D eigenvalue weighted by atomic mass is 35.5. The molecule has 0 aliphatic heterocycles. The van der Waals surface area contributed by atoms with Crippen LogP contribution in [-0.2, 0) is 21.4 Å². The molecule has 8 heteroatoms. The van der Waals surface area contributed by atoms with E-state index in [9.17, 15) is 19.2 Å². The average Bonchev–Trinajstić information content (AvgIpc) is 2.87. The van der Waals surface area contributed by atoms with Crippen molar-refractivity contribution < 1.29 is 23.9 Å². The van der Waals surface area contributed by atoms with Crippen LogP contribution in [0.2, 0.25) is 5.15 Å². The quantitative estimate of drug-likeness (QED) is 0.176. The number of carbonyl (C=O) groups is 4. The lowest BCUT2D eigenvalue weighted by Crippen LogP contribution is -2.51. The van der Waals surface area contributed by atoms with E-state index in [1.165, 1.54) is 12.3 Å². The fourth-order valence-electron chi connectivity index (χ4n) is 5.18. The van der Waals surface area contributed by atoms with Crippen molar-refractivity contribution in [3.8, 4) is 0 Å². The van der Waals surface area contributed by atoms with Crippen LogP contribution >= 0.6 is 11.6 Å². The molecule has 1 saturated carbocycles. The van der Waals surface area contributed by atoms with Gasteiger partial charge in [0.05, 0.1) is 16.7 Å². The van der Waals surface area contributed by atoms with Gasteiger partial charge in [-0.3, -0.25) is 19.7 Å². The molecule has 1 aliphatic rings. The second-order valence-electron chi connectivity index (χ2n) is 12.1. The zero-order valence-corrected chi connectivity index (χ0v) is 25.2. The van der Waals surface area contributed by atoms with Crippen LogP contribution in [-0.4, -0.2) is 34.5 Å². The van der Waals surface area contributed by atoms with Gasteiger partial charge in [0.2, 0.25) is 0 Å². The van der Waals surface area contributed by atoms with Gasteiger partial charge in [0.15, 0.2) is 12.1 Å². The molecule has 1 amide bonds. The van der Waals surface area contributed by atoms with E-state index in [0.717, 1.165) is 24.0 Å². The fourth-order valence-corrected chi connectivity index (χ4v) is 5.38. The monoisotopic (exact) mass is 576 g/mol. The van der Waals surface area contributed by atoms with E-state index in [1.54, 1.807) is 27.7 Å². The molecule has 3 aromatic rings. The van der Waals surface area contributed by atoms with Crippen LogP contribution in [0.25, 0.3) is 0 Å². The van der Waals surface area contributed by atoms with Gasteiger partial charge in [-0.05, 0) is 63.1 Å². The van der Waals surface area contributed by atoms with E-state index in [4.69, 9.17) is 16.3 Å². The van der Waals surface area contributed by atoms with Crippen molar-refractivity contribution in [3.63, 3.8) is 0 Å². The zero-order chi connectivity index (χ0) is 30.4. The number of ether oxygens (including phenoxy) is 1. The molecular formula is C33H37ClN2O5. The van der Waals surface area contributed by atoms with Crippen molar-refractivity contribution in [1.82, 2.24) is 4.98 Å². The molecule has 1 fully saturated rings. The second kappa shape index (κ2) is 12.8. The summed E-state index contributed by atoms with van der Waals surface area (Å²) in [7, 11) is 0. The number of hydrogen-bond donors (Lipinski definition) is 1. The lowest BCUT2D eigenvalue weighted by atomic mass is 9.50. The van der Waals surface area contributed by atoms with Crippen molar-refractivity contribution in [3.05, 3.63) is 94.3 Å². The van der Waals surface area contributed by atoms with Gasteiger partial charge in [0, 0.05) is 18.2 Å². The standard InChI is InChI=1S/C22H24O2.C11H13ClN2O3/c1-16(23)22(14-21(2,3)15-22)19-11-9-18(10-12-19)20(24)13-17-7-5-4-6-8-17;1-11(2,3)17-10(16)14-8-4-5-13-9(12)7(8)6-15/h4-12H,13-15H2,1-3H3;4-6H,1-3H3,(H,13,14,16). The van der Waals surface area contributed by atoms with Crippen LogP contribution < -0.4 is 5.32 Å². The summed E-state index contributed by atoms with van der Waals surface area (Å²) >= 11 is 5.71. The van der Waals surface area contributed by atoms with Gasteiger partial charge in [-0.25, -0.2) is 9.78 Å². The number of pyridine rings is 1. The Kier molecular flexibility index (Phi) is 9.87. The van der Waals surface area contributed by atoms with E-state index >= 15 is 0 Å². The molecule has 0 saturated heterocycles. The highest BCUT2D eigenvalue weighted by Gasteiger charge is 2.53. The van der Waals surface area contributed by atoms with Gasteiger partial charge >= 0.3 is 6.09 Å². The summed E-state index contributed by atoms with van der Waals surface area (Å²) < 4.78 is 5.05. The van der Waals surface area contributed by atoms with Crippen LogP contribution in [0.3, 0.4) is 0 Å². The molecule has 1 N–H and O–H groups in total. The summed E-state index contributed by atoms with van der Waals surface area (Å²) in [5, 5.41) is 2.48. The maximum Gasteiger partial charge on any atom is 0.412 e. The molecule has 1 aromatic heterocycles. The molecule has 0 radical (unpaired) electrons. The number of carbonyl (C=O) groups excluding carboxylic acids is 4. The highest BCUT2D eigenvalue weighted by Crippen LogP contribution is 2.55. The van der Waals surface area contributed by atoms with Gasteiger partial charge in [-0.1, -0.05) is 80.0 Å². The molecule has 7 nitrogen and oxygen atoms in total. The lowest BCUT2D eigenvalue weighted by Gasteiger charge is -2.52. The first kappa shape index (κ1) is 31.7. The molecule has 1 heterocycles. The zero-order valence-electron chi connectivity index (χ0n) is 24.4. The summed E-state index contributed by atoms with van der Waals surface area (Å²) in [6, 6.07) is 18.9. The third-order valence-corrected chi connectivity index (χ3v) is 7.20. The minimum atomic E-state index is -0.650. The first-order chi connectivity index (χ1) is 19.2. The fraction of sp³-hybridized carbons (Fsp3) is 0.364. The largest absolute Gasteiger partial charge is 0.444 e. The molecule has 4 rings (SSSR count). The minimum Gasteiger partial charge on any atom is -0.444 e. The maximum atomic E-state index is 12.4. The molecule has 0 spiro atoms. The number of aromatic nitrogens is 1. The Balaban J connectivity index is 0.000000241. The Labute approximate surface area is 246 Å². The number of nitrogens with zero attached hydrogens (tertiary/aromatic N) is 1. The molecule has 0 unspecified atom stereocenters. The van der Waals surface area contributed by atoms with Gasteiger partial charge in [-0.15, -0.1) is 0 Å². The predicted octanol–water partition coefficient (Wildman–Crippen LogP) is 7.65. The molecular weight excluding hydrogens is 540 g/mol. The number of aldehydes is 1. The van der Waals surface area contributed by atoms with E-state index in [-0.39, 0.29) is 38.8 Å². The van der Waals surface area contributed by atoms with Crippen LogP contribution in [0.4, 0.5) is 10.5 Å². The summed E-state index contributed by atoms with van der Waals surface area (Å²) in [5.41, 5.74) is 2.42. The van der Waals surface area contributed by atoms with Gasteiger partial charge < -0.3 is 4.74 Å². The number of Topliss-reactive ketones (excluding diaryl/α,β-unsaturated/α-hetero) is 2. The van der Waals surface area contributed by atoms with Crippen LogP contribution in [0.1, 0.15) is 86.2 Å². The van der Waals surface area contributed by atoms with E-state index in [1.807, 2.05) is 54.6 Å². The molecule has 41 heavy (non-hydrogen) atoms. The number of nitrogens with one attached hydrogen (secondary N) is 1. The maximum absolute atomic E-state index is 12.4. The third kappa shape index (κ3) is 8.33. The average molecular weight is 577 g/mol. The van der Waals surface area contributed by atoms with Crippen molar-refractivity contribution in [1.29, 1.82) is 0 Å². The highest BCUT2D eigenvalue weighted by molar-refractivity contribution is 6.32. The van der Waals surface area contributed by atoms with Crippen molar-refractivity contribution in [2.24, 2.45) is 5.41 Å². The lowest BCUT2D eigenvalue weighted by molar-refractivity contribution is -0.130.